The fourth-order valence-corrected chi connectivity index (χ4v) is 4.43. The summed E-state index contributed by atoms with van der Waals surface area (Å²) in [6, 6.07) is 2.17. The second kappa shape index (κ2) is 12.5. The Hall–Kier alpha value is -2.58. The van der Waals surface area contributed by atoms with Crippen molar-refractivity contribution in [1.82, 2.24) is 20.2 Å². The summed E-state index contributed by atoms with van der Waals surface area (Å²) in [5.41, 5.74) is 0. The van der Waals surface area contributed by atoms with E-state index in [-0.39, 0.29) is 18.0 Å². The Kier molecular flexibility index (Phi) is 9.37. The SMILES string of the molecule is CCCNc1cc(N2CCC[C@@H](CCC(=O)NC3CCN(C(=O)OCC)CC3)C2)ncn1. The van der Waals surface area contributed by atoms with Gasteiger partial charge in [0.1, 0.15) is 18.0 Å². The van der Waals surface area contributed by atoms with E-state index in [1.54, 1.807) is 11.2 Å². The Morgan fingerprint density at radius 1 is 1.16 bits per heavy atom. The van der Waals surface area contributed by atoms with Gasteiger partial charge >= 0.3 is 6.09 Å². The highest BCUT2D eigenvalue weighted by Crippen LogP contribution is 2.25. The van der Waals surface area contributed by atoms with Gasteiger partial charge in [-0.25, -0.2) is 14.8 Å². The van der Waals surface area contributed by atoms with Gasteiger partial charge in [0.05, 0.1) is 6.61 Å². The van der Waals surface area contributed by atoms with Crippen LogP contribution in [0, 0.1) is 5.92 Å². The average Bonchev–Trinajstić information content (AvgIpc) is 2.82. The van der Waals surface area contributed by atoms with Gasteiger partial charge in [0.2, 0.25) is 5.91 Å². The van der Waals surface area contributed by atoms with Gasteiger partial charge < -0.3 is 25.2 Å². The molecular formula is C23H38N6O3. The zero-order valence-electron chi connectivity index (χ0n) is 19.5. The highest BCUT2D eigenvalue weighted by Gasteiger charge is 2.26. The molecule has 0 saturated carbocycles. The third kappa shape index (κ3) is 7.24. The third-order valence-electron chi connectivity index (χ3n) is 6.22. The van der Waals surface area contributed by atoms with Crippen molar-refractivity contribution in [3.63, 3.8) is 0 Å². The minimum absolute atomic E-state index is 0.116. The number of aromatic nitrogens is 2. The summed E-state index contributed by atoms with van der Waals surface area (Å²) < 4.78 is 5.05. The number of likely N-dealkylation sites (tertiary alicyclic amines) is 1. The molecule has 0 aromatic carbocycles. The lowest BCUT2D eigenvalue weighted by molar-refractivity contribution is -0.122. The van der Waals surface area contributed by atoms with E-state index < -0.39 is 0 Å². The first-order valence-electron chi connectivity index (χ1n) is 12.1. The molecule has 0 aliphatic carbocycles. The summed E-state index contributed by atoms with van der Waals surface area (Å²) in [4.78, 5) is 37.1. The Balaban J connectivity index is 1.39. The summed E-state index contributed by atoms with van der Waals surface area (Å²) in [6.07, 6.45) is 7.67. The van der Waals surface area contributed by atoms with Crippen molar-refractivity contribution in [2.75, 3.05) is 49.5 Å². The van der Waals surface area contributed by atoms with Crippen LogP contribution in [0.4, 0.5) is 16.4 Å². The van der Waals surface area contributed by atoms with Crippen LogP contribution in [-0.2, 0) is 9.53 Å². The average molecular weight is 447 g/mol. The van der Waals surface area contributed by atoms with Crippen LogP contribution in [-0.4, -0.2) is 72.2 Å². The van der Waals surface area contributed by atoms with Crippen LogP contribution in [0.1, 0.15) is 58.8 Å². The second-order valence-corrected chi connectivity index (χ2v) is 8.71. The lowest BCUT2D eigenvalue weighted by Gasteiger charge is -2.34. The zero-order chi connectivity index (χ0) is 22.8. The quantitative estimate of drug-likeness (QED) is 0.601. The van der Waals surface area contributed by atoms with Crippen molar-refractivity contribution < 1.29 is 14.3 Å². The van der Waals surface area contributed by atoms with Gasteiger partial charge in [0.25, 0.3) is 0 Å². The lowest BCUT2D eigenvalue weighted by Crippen LogP contribution is -2.46. The molecule has 0 bridgehead atoms. The highest BCUT2D eigenvalue weighted by atomic mass is 16.6. The number of rotatable bonds is 9. The van der Waals surface area contributed by atoms with Crippen LogP contribution < -0.4 is 15.5 Å². The maximum absolute atomic E-state index is 12.5. The molecule has 9 heteroatoms. The molecule has 0 radical (unpaired) electrons. The van der Waals surface area contributed by atoms with Crippen molar-refractivity contribution in [3.8, 4) is 0 Å². The number of nitrogens with one attached hydrogen (secondary N) is 2. The minimum Gasteiger partial charge on any atom is -0.450 e. The molecule has 2 fully saturated rings. The number of carbonyl (C=O) groups is 2. The molecular weight excluding hydrogens is 408 g/mol. The van der Waals surface area contributed by atoms with E-state index in [0.29, 0.717) is 32.0 Å². The van der Waals surface area contributed by atoms with E-state index in [1.165, 1.54) is 0 Å². The van der Waals surface area contributed by atoms with E-state index in [1.807, 2.05) is 13.0 Å². The lowest BCUT2D eigenvalue weighted by atomic mass is 9.93. The summed E-state index contributed by atoms with van der Waals surface area (Å²) >= 11 is 0. The summed E-state index contributed by atoms with van der Waals surface area (Å²) in [5, 5.41) is 6.48. The van der Waals surface area contributed by atoms with Crippen molar-refractivity contribution in [2.24, 2.45) is 5.92 Å². The first-order chi connectivity index (χ1) is 15.6. The van der Waals surface area contributed by atoms with Crippen LogP contribution in [0.3, 0.4) is 0 Å². The predicted molar refractivity (Wildman–Crippen MR) is 125 cm³/mol. The molecule has 178 valence electrons. The molecule has 1 aromatic heterocycles. The number of hydrogen-bond donors (Lipinski definition) is 2. The van der Waals surface area contributed by atoms with Gasteiger partial charge in [0, 0.05) is 51.3 Å². The molecule has 9 nitrogen and oxygen atoms in total. The Morgan fingerprint density at radius 3 is 2.72 bits per heavy atom. The van der Waals surface area contributed by atoms with E-state index in [2.05, 4.69) is 32.4 Å². The van der Waals surface area contributed by atoms with Crippen LogP contribution in [0.2, 0.25) is 0 Å². The summed E-state index contributed by atoms with van der Waals surface area (Å²) in [7, 11) is 0. The standard InChI is InChI=1S/C23H38N6O3/c1-3-11-24-20-15-21(26-17-25-20)29-12-5-6-18(16-29)7-8-22(30)27-19-9-13-28(14-10-19)23(31)32-4-2/h15,17-19H,3-14,16H2,1-2H3,(H,27,30)(H,24,25,26)/t18-/m0/s1. The smallest absolute Gasteiger partial charge is 0.409 e. The van der Waals surface area contributed by atoms with Crippen LogP contribution in [0.5, 0.6) is 0 Å². The normalized spacial score (nSPS) is 19.5. The molecule has 2 N–H and O–H groups in total. The summed E-state index contributed by atoms with van der Waals surface area (Å²) in [6.45, 7) is 8.42. The van der Waals surface area contributed by atoms with Crippen LogP contribution in [0.25, 0.3) is 0 Å². The number of carbonyl (C=O) groups excluding carboxylic acids is 2. The molecule has 2 aliphatic heterocycles. The Morgan fingerprint density at radius 2 is 1.97 bits per heavy atom. The first kappa shape index (κ1) is 24.1. The summed E-state index contributed by atoms with van der Waals surface area (Å²) in [5.74, 6) is 2.43. The van der Waals surface area contributed by atoms with Gasteiger partial charge in [-0.2, -0.15) is 0 Å². The van der Waals surface area contributed by atoms with Gasteiger partial charge in [-0.15, -0.1) is 0 Å². The zero-order valence-corrected chi connectivity index (χ0v) is 19.5. The maximum Gasteiger partial charge on any atom is 0.409 e. The molecule has 2 amide bonds. The number of anilines is 2. The van der Waals surface area contributed by atoms with Crippen molar-refractivity contribution in [3.05, 3.63) is 12.4 Å². The Bertz CT molecular complexity index is 738. The molecule has 0 spiro atoms. The van der Waals surface area contributed by atoms with Gasteiger partial charge in [0.15, 0.2) is 0 Å². The Labute approximate surface area is 191 Å². The number of ether oxygens (including phenoxy) is 1. The van der Waals surface area contributed by atoms with E-state index >= 15 is 0 Å². The van der Waals surface area contributed by atoms with Crippen LogP contribution >= 0.6 is 0 Å². The molecule has 32 heavy (non-hydrogen) atoms. The van der Waals surface area contributed by atoms with Crippen molar-refractivity contribution in [1.29, 1.82) is 0 Å². The maximum atomic E-state index is 12.5. The second-order valence-electron chi connectivity index (χ2n) is 8.71. The minimum atomic E-state index is -0.254. The largest absolute Gasteiger partial charge is 0.450 e. The van der Waals surface area contributed by atoms with Gasteiger partial charge in [-0.05, 0) is 51.4 Å². The molecule has 1 atom stereocenters. The molecule has 3 heterocycles. The number of piperidine rings is 2. The topological polar surface area (TPSA) is 99.7 Å². The van der Waals surface area contributed by atoms with Crippen LogP contribution in [0.15, 0.2) is 12.4 Å². The predicted octanol–water partition coefficient (Wildman–Crippen LogP) is 3.03. The van der Waals surface area contributed by atoms with Gasteiger partial charge in [-0.3, -0.25) is 4.79 Å². The van der Waals surface area contributed by atoms with Crippen molar-refractivity contribution in [2.45, 2.75) is 64.8 Å². The molecule has 1 aromatic rings. The molecule has 3 rings (SSSR count). The fourth-order valence-electron chi connectivity index (χ4n) is 4.43. The molecule has 0 unspecified atom stereocenters. The van der Waals surface area contributed by atoms with E-state index in [0.717, 1.165) is 69.8 Å². The molecule has 2 aliphatic rings. The van der Waals surface area contributed by atoms with Crippen molar-refractivity contribution >= 4 is 23.6 Å². The first-order valence-corrected chi connectivity index (χ1v) is 12.1. The third-order valence-corrected chi connectivity index (χ3v) is 6.22. The number of hydrogen-bond acceptors (Lipinski definition) is 7. The monoisotopic (exact) mass is 446 g/mol. The van der Waals surface area contributed by atoms with Gasteiger partial charge in [-0.1, -0.05) is 6.92 Å². The van der Waals surface area contributed by atoms with E-state index in [4.69, 9.17) is 4.74 Å². The van der Waals surface area contributed by atoms with E-state index in [9.17, 15) is 9.59 Å². The molecule has 2 saturated heterocycles. The highest BCUT2D eigenvalue weighted by molar-refractivity contribution is 5.76. The number of nitrogens with zero attached hydrogens (tertiary/aromatic N) is 4. The number of amides is 2. The fraction of sp³-hybridized carbons (Fsp3) is 0.739.